The number of ether oxygens (including phenoxy) is 3. The summed E-state index contributed by atoms with van der Waals surface area (Å²) in [5, 5.41) is 6.89. The number of aliphatic imine (C=N–C) groups is 1. The van der Waals surface area contributed by atoms with E-state index in [4.69, 9.17) is 19.2 Å². The van der Waals surface area contributed by atoms with Crippen molar-refractivity contribution in [1.82, 2.24) is 10.2 Å². The molecule has 0 saturated carbocycles. The first-order chi connectivity index (χ1) is 14.2. The monoisotopic (exact) mass is 546 g/mol. The number of halogens is 1. The number of piperazine rings is 1. The Bertz CT molecular complexity index is 809. The molecular formula is C21H31IN4O3S. The van der Waals surface area contributed by atoms with Crippen LogP contribution in [0.1, 0.15) is 12.5 Å². The lowest BCUT2D eigenvalue weighted by atomic mass is 10.1. The van der Waals surface area contributed by atoms with E-state index in [1.807, 2.05) is 12.1 Å². The maximum atomic E-state index is 5.54. The molecule has 0 aliphatic carbocycles. The van der Waals surface area contributed by atoms with Gasteiger partial charge in [0.1, 0.15) is 5.75 Å². The van der Waals surface area contributed by atoms with Crippen LogP contribution in [-0.2, 0) is 6.54 Å². The molecule has 2 heterocycles. The van der Waals surface area contributed by atoms with Crippen molar-refractivity contribution in [1.29, 1.82) is 0 Å². The number of nitrogens with zero attached hydrogens (tertiary/aromatic N) is 3. The third-order valence-corrected chi connectivity index (χ3v) is 5.85. The van der Waals surface area contributed by atoms with Gasteiger partial charge in [-0.15, -0.1) is 35.3 Å². The van der Waals surface area contributed by atoms with Crippen LogP contribution in [0.5, 0.6) is 17.2 Å². The molecule has 30 heavy (non-hydrogen) atoms. The van der Waals surface area contributed by atoms with Crippen LogP contribution >= 0.6 is 35.3 Å². The largest absolute Gasteiger partial charge is 0.496 e. The van der Waals surface area contributed by atoms with Gasteiger partial charge in [0, 0.05) is 44.4 Å². The van der Waals surface area contributed by atoms with Crippen molar-refractivity contribution < 1.29 is 14.2 Å². The minimum atomic E-state index is 0. The highest BCUT2D eigenvalue weighted by molar-refractivity contribution is 14.0. The van der Waals surface area contributed by atoms with Gasteiger partial charge in [0.2, 0.25) is 0 Å². The van der Waals surface area contributed by atoms with Crippen LogP contribution in [0.15, 0.2) is 34.6 Å². The number of rotatable bonds is 7. The van der Waals surface area contributed by atoms with E-state index in [2.05, 4.69) is 39.6 Å². The van der Waals surface area contributed by atoms with Crippen molar-refractivity contribution in [3.05, 3.63) is 35.2 Å². The lowest BCUT2D eigenvalue weighted by Crippen LogP contribution is -2.52. The first-order valence-corrected chi connectivity index (χ1v) is 10.7. The fraction of sp³-hybridized carbons (Fsp3) is 0.476. The van der Waals surface area contributed by atoms with Crippen LogP contribution in [0.3, 0.4) is 0 Å². The Morgan fingerprint density at radius 2 is 1.70 bits per heavy atom. The summed E-state index contributed by atoms with van der Waals surface area (Å²) in [4.78, 5) is 9.63. The van der Waals surface area contributed by atoms with Gasteiger partial charge in [0.05, 0.1) is 32.9 Å². The zero-order chi connectivity index (χ0) is 20.6. The number of anilines is 1. The minimum absolute atomic E-state index is 0. The molecular weight excluding hydrogens is 515 g/mol. The third-order valence-electron chi connectivity index (χ3n) is 4.92. The maximum Gasteiger partial charge on any atom is 0.194 e. The normalized spacial score (nSPS) is 14.2. The van der Waals surface area contributed by atoms with Gasteiger partial charge in [-0.05, 0) is 30.5 Å². The quantitative estimate of drug-likeness (QED) is 0.325. The number of hydrogen-bond acceptors (Lipinski definition) is 6. The molecule has 0 bridgehead atoms. The van der Waals surface area contributed by atoms with Crippen LogP contribution in [0.2, 0.25) is 0 Å². The van der Waals surface area contributed by atoms with E-state index in [1.165, 1.54) is 5.00 Å². The first-order valence-electron chi connectivity index (χ1n) is 9.80. The summed E-state index contributed by atoms with van der Waals surface area (Å²) in [6, 6.07) is 8.06. The summed E-state index contributed by atoms with van der Waals surface area (Å²) in [5.74, 6) is 2.99. The standard InChI is InChI=1S/C21H30N4O3S.HI/c1-5-22-21(25-10-8-24(9-11-25)20-7-6-12-29-20)23-15-16-13-18(27-3)19(28-4)14-17(16)26-2;/h6-7,12-14H,5,8-11,15H2,1-4H3,(H,22,23);1H. The Hall–Kier alpha value is -1.88. The van der Waals surface area contributed by atoms with Crippen LogP contribution in [-0.4, -0.2) is 64.9 Å². The van der Waals surface area contributed by atoms with Crippen LogP contribution in [0.25, 0.3) is 0 Å². The van der Waals surface area contributed by atoms with Crippen molar-refractivity contribution in [2.75, 3.05) is 59.0 Å². The summed E-state index contributed by atoms with van der Waals surface area (Å²) < 4.78 is 16.3. The van der Waals surface area contributed by atoms with E-state index in [0.717, 1.165) is 50.0 Å². The number of hydrogen-bond donors (Lipinski definition) is 1. The summed E-state index contributed by atoms with van der Waals surface area (Å²) in [6.07, 6.45) is 0. The second kappa shape index (κ2) is 12.1. The van der Waals surface area contributed by atoms with Gasteiger partial charge in [-0.25, -0.2) is 4.99 Å². The van der Waals surface area contributed by atoms with Gasteiger partial charge in [-0.1, -0.05) is 0 Å². The molecule has 7 nitrogen and oxygen atoms in total. The van der Waals surface area contributed by atoms with Crippen LogP contribution in [0, 0.1) is 0 Å². The molecule has 0 unspecified atom stereocenters. The fourth-order valence-electron chi connectivity index (χ4n) is 3.39. The minimum Gasteiger partial charge on any atom is -0.496 e. The molecule has 0 radical (unpaired) electrons. The number of guanidine groups is 1. The van der Waals surface area contributed by atoms with Gasteiger partial charge in [-0.3, -0.25) is 0 Å². The lowest BCUT2D eigenvalue weighted by Gasteiger charge is -2.37. The average molecular weight is 546 g/mol. The lowest BCUT2D eigenvalue weighted by molar-refractivity contribution is 0.347. The molecule has 0 spiro atoms. The van der Waals surface area contributed by atoms with E-state index in [1.54, 1.807) is 32.7 Å². The molecule has 2 aromatic rings. The predicted molar refractivity (Wildman–Crippen MR) is 134 cm³/mol. The maximum absolute atomic E-state index is 5.54. The molecule has 166 valence electrons. The molecule has 1 aromatic carbocycles. The van der Waals surface area contributed by atoms with Gasteiger partial charge in [0.25, 0.3) is 0 Å². The smallest absolute Gasteiger partial charge is 0.194 e. The molecule has 1 aliphatic rings. The van der Waals surface area contributed by atoms with Gasteiger partial charge in [0.15, 0.2) is 17.5 Å². The fourth-order valence-corrected chi connectivity index (χ4v) is 4.18. The van der Waals surface area contributed by atoms with E-state index < -0.39 is 0 Å². The summed E-state index contributed by atoms with van der Waals surface area (Å²) in [5.41, 5.74) is 0.956. The predicted octanol–water partition coefficient (Wildman–Crippen LogP) is 3.68. The molecule has 0 atom stereocenters. The zero-order valence-electron chi connectivity index (χ0n) is 18.0. The topological polar surface area (TPSA) is 58.6 Å². The zero-order valence-corrected chi connectivity index (χ0v) is 21.2. The number of methoxy groups -OCH3 is 3. The van der Waals surface area contributed by atoms with Gasteiger partial charge in [-0.2, -0.15) is 0 Å². The van der Waals surface area contributed by atoms with Crippen LogP contribution in [0.4, 0.5) is 5.00 Å². The Labute approximate surface area is 200 Å². The number of nitrogens with one attached hydrogen (secondary N) is 1. The Morgan fingerprint density at radius 1 is 1.03 bits per heavy atom. The molecule has 1 aromatic heterocycles. The van der Waals surface area contributed by atoms with Gasteiger partial charge < -0.3 is 29.3 Å². The summed E-state index contributed by atoms with van der Waals surface area (Å²) in [7, 11) is 4.91. The highest BCUT2D eigenvalue weighted by atomic mass is 127. The van der Waals surface area contributed by atoms with Gasteiger partial charge >= 0.3 is 0 Å². The van der Waals surface area contributed by atoms with E-state index in [0.29, 0.717) is 18.0 Å². The summed E-state index contributed by atoms with van der Waals surface area (Å²) in [6.45, 7) is 7.27. The van der Waals surface area contributed by atoms with E-state index >= 15 is 0 Å². The van der Waals surface area contributed by atoms with Crippen molar-refractivity contribution >= 4 is 46.3 Å². The Morgan fingerprint density at radius 3 is 2.27 bits per heavy atom. The molecule has 1 aliphatic heterocycles. The molecule has 0 amide bonds. The second-order valence-electron chi connectivity index (χ2n) is 6.61. The van der Waals surface area contributed by atoms with E-state index in [-0.39, 0.29) is 24.0 Å². The number of thiophene rings is 1. The Balaban J connectivity index is 0.00000320. The second-order valence-corrected chi connectivity index (χ2v) is 7.54. The molecule has 1 fully saturated rings. The Kier molecular flexibility index (Phi) is 9.83. The number of benzene rings is 1. The SMILES string of the molecule is CCNC(=NCc1cc(OC)c(OC)cc1OC)N1CCN(c2cccs2)CC1.I. The van der Waals surface area contributed by atoms with Crippen LogP contribution < -0.4 is 24.4 Å². The molecule has 3 rings (SSSR count). The van der Waals surface area contributed by atoms with Crippen molar-refractivity contribution in [2.45, 2.75) is 13.5 Å². The first kappa shape index (κ1) is 24.4. The van der Waals surface area contributed by atoms with Crippen molar-refractivity contribution in [3.8, 4) is 17.2 Å². The van der Waals surface area contributed by atoms with E-state index in [9.17, 15) is 0 Å². The van der Waals surface area contributed by atoms with Crippen molar-refractivity contribution in [2.24, 2.45) is 4.99 Å². The molecule has 1 N–H and O–H groups in total. The average Bonchev–Trinajstić information content (AvgIpc) is 3.31. The molecule has 1 saturated heterocycles. The highest BCUT2D eigenvalue weighted by Gasteiger charge is 2.20. The summed E-state index contributed by atoms with van der Waals surface area (Å²) >= 11 is 1.79. The molecule has 9 heteroatoms. The van der Waals surface area contributed by atoms with Crippen molar-refractivity contribution in [3.63, 3.8) is 0 Å². The third kappa shape index (κ3) is 5.84. The highest BCUT2D eigenvalue weighted by Crippen LogP contribution is 2.35.